The Labute approximate surface area is 110 Å². The van der Waals surface area contributed by atoms with E-state index in [4.69, 9.17) is 17.3 Å². The summed E-state index contributed by atoms with van der Waals surface area (Å²) in [5.41, 5.74) is 6.28. The average Bonchev–Trinajstić information content (AvgIpc) is 2.35. The van der Waals surface area contributed by atoms with Crippen molar-refractivity contribution in [2.75, 3.05) is 48.7 Å². The van der Waals surface area contributed by atoms with Gasteiger partial charge in [-0.2, -0.15) is 16.7 Å². The zero-order chi connectivity index (χ0) is 12.1. The van der Waals surface area contributed by atoms with E-state index in [9.17, 15) is 0 Å². The first-order chi connectivity index (χ1) is 8.25. The molecule has 94 valence electrons. The van der Waals surface area contributed by atoms with Gasteiger partial charge >= 0.3 is 0 Å². The standard InChI is InChI=1S/C10H16ClN5S/c11-10-14-7-8(12)9(15-10)13-1-2-16-3-5-17-6-4-16/h7H,1-6,12H2,(H,13,14,15). The summed E-state index contributed by atoms with van der Waals surface area (Å²) in [6.45, 7) is 4.14. The monoisotopic (exact) mass is 273 g/mol. The molecule has 1 aromatic heterocycles. The molecular formula is C10H16ClN5S. The van der Waals surface area contributed by atoms with Crippen molar-refractivity contribution in [3.8, 4) is 0 Å². The number of nitrogens with zero attached hydrogens (tertiary/aromatic N) is 3. The van der Waals surface area contributed by atoms with Gasteiger partial charge in [0.2, 0.25) is 5.28 Å². The molecule has 2 rings (SSSR count). The molecule has 1 aliphatic heterocycles. The summed E-state index contributed by atoms with van der Waals surface area (Å²) in [6, 6.07) is 0. The molecule has 0 unspecified atom stereocenters. The van der Waals surface area contributed by atoms with E-state index < -0.39 is 0 Å². The number of halogens is 1. The van der Waals surface area contributed by atoms with Gasteiger partial charge in [0, 0.05) is 37.7 Å². The van der Waals surface area contributed by atoms with Crippen LogP contribution in [0.2, 0.25) is 5.28 Å². The summed E-state index contributed by atoms with van der Waals surface area (Å²) in [5, 5.41) is 3.41. The number of nitrogens with two attached hydrogens (primary N) is 1. The van der Waals surface area contributed by atoms with Gasteiger partial charge in [-0.05, 0) is 11.6 Å². The summed E-state index contributed by atoms with van der Waals surface area (Å²) in [7, 11) is 0. The third-order valence-corrected chi connectivity index (χ3v) is 3.74. The fraction of sp³-hybridized carbons (Fsp3) is 0.600. The van der Waals surface area contributed by atoms with Crippen LogP contribution in [-0.2, 0) is 0 Å². The van der Waals surface area contributed by atoms with E-state index in [-0.39, 0.29) is 5.28 Å². The van der Waals surface area contributed by atoms with Crippen LogP contribution in [0.4, 0.5) is 11.5 Å². The zero-order valence-corrected chi connectivity index (χ0v) is 11.1. The van der Waals surface area contributed by atoms with Crippen molar-refractivity contribution < 1.29 is 0 Å². The Balaban J connectivity index is 1.79. The average molecular weight is 274 g/mol. The van der Waals surface area contributed by atoms with Crippen LogP contribution in [0.15, 0.2) is 6.20 Å². The maximum Gasteiger partial charge on any atom is 0.224 e. The van der Waals surface area contributed by atoms with Crippen LogP contribution >= 0.6 is 23.4 Å². The van der Waals surface area contributed by atoms with Gasteiger partial charge in [0.15, 0.2) is 5.82 Å². The first-order valence-corrected chi connectivity index (χ1v) is 7.11. The second kappa shape index (κ2) is 6.28. The Morgan fingerprint density at radius 1 is 1.47 bits per heavy atom. The lowest BCUT2D eigenvalue weighted by molar-refractivity contribution is 0.314. The molecule has 3 N–H and O–H groups in total. The highest BCUT2D eigenvalue weighted by Gasteiger charge is 2.10. The van der Waals surface area contributed by atoms with Crippen molar-refractivity contribution in [1.29, 1.82) is 0 Å². The first kappa shape index (κ1) is 12.7. The number of nitrogens with one attached hydrogen (secondary N) is 1. The second-order valence-electron chi connectivity index (χ2n) is 3.82. The lowest BCUT2D eigenvalue weighted by Gasteiger charge is -2.26. The van der Waals surface area contributed by atoms with E-state index in [0.717, 1.165) is 26.2 Å². The molecule has 1 fully saturated rings. The normalized spacial score (nSPS) is 17.0. The molecule has 0 atom stereocenters. The Morgan fingerprint density at radius 3 is 3.00 bits per heavy atom. The minimum absolute atomic E-state index is 0.219. The number of nitrogen functional groups attached to an aromatic ring is 1. The van der Waals surface area contributed by atoms with E-state index >= 15 is 0 Å². The Kier molecular flexibility index (Phi) is 4.70. The quantitative estimate of drug-likeness (QED) is 0.803. The molecule has 0 spiro atoms. The fourth-order valence-electron chi connectivity index (χ4n) is 1.67. The first-order valence-electron chi connectivity index (χ1n) is 5.57. The van der Waals surface area contributed by atoms with Gasteiger partial charge in [0.05, 0.1) is 11.9 Å². The van der Waals surface area contributed by atoms with Crippen LogP contribution in [0.3, 0.4) is 0 Å². The molecule has 0 saturated carbocycles. The number of aromatic nitrogens is 2. The highest BCUT2D eigenvalue weighted by atomic mass is 35.5. The van der Waals surface area contributed by atoms with E-state index in [1.165, 1.54) is 17.7 Å². The molecule has 0 aromatic carbocycles. The van der Waals surface area contributed by atoms with Gasteiger partial charge in [-0.25, -0.2) is 4.98 Å². The van der Waals surface area contributed by atoms with Gasteiger partial charge in [-0.1, -0.05) is 0 Å². The van der Waals surface area contributed by atoms with Gasteiger partial charge in [-0.3, -0.25) is 4.90 Å². The minimum Gasteiger partial charge on any atom is -0.394 e. The van der Waals surface area contributed by atoms with Crippen molar-refractivity contribution in [3.63, 3.8) is 0 Å². The molecule has 1 aliphatic rings. The topological polar surface area (TPSA) is 67.1 Å². The smallest absolute Gasteiger partial charge is 0.224 e. The third kappa shape index (κ3) is 3.90. The SMILES string of the molecule is Nc1cnc(Cl)nc1NCCN1CCSCC1. The van der Waals surface area contributed by atoms with Crippen LogP contribution in [-0.4, -0.2) is 52.6 Å². The van der Waals surface area contributed by atoms with Gasteiger partial charge < -0.3 is 11.1 Å². The second-order valence-corrected chi connectivity index (χ2v) is 5.39. The molecule has 5 nitrogen and oxygen atoms in total. The van der Waals surface area contributed by atoms with Crippen molar-refractivity contribution in [2.24, 2.45) is 0 Å². The molecule has 0 radical (unpaired) electrons. The van der Waals surface area contributed by atoms with Gasteiger partial charge in [0.1, 0.15) is 0 Å². The molecule has 1 saturated heterocycles. The number of hydrogen-bond donors (Lipinski definition) is 2. The zero-order valence-electron chi connectivity index (χ0n) is 9.53. The molecule has 0 bridgehead atoms. The van der Waals surface area contributed by atoms with Crippen molar-refractivity contribution in [1.82, 2.24) is 14.9 Å². The van der Waals surface area contributed by atoms with Crippen molar-refractivity contribution >= 4 is 34.9 Å². The van der Waals surface area contributed by atoms with Crippen LogP contribution in [0, 0.1) is 0 Å². The summed E-state index contributed by atoms with van der Waals surface area (Å²) in [5.74, 6) is 3.07. The summed E-state index contributed by atoms with van der Waals surface area (Å²) in [6.07, 6.45) is 1.52. The Hall–Kier alpha value is -0.720. The molecule has 0 aliphatic carbocycles. The minimum atomic E-state index is 0.219. The van der Waals surface area contributed by atoms with Crippen LogP contribution in [0.1, 0.15) is 0 Å². The largest absolute Gasteiger partial charge is 0.394 e. The van der Waals surface area contributed by atoms with Gasteiger partial charge in [0.25, 0.3) is 0 Å². The maximum absolute atomic E-state index is 5.75. The number of hydrogen-bond acceptors (Lipinski definition) is 6. The predicted molar refractivity (Wildman–Crippen MR) is 73.7 cm³/mol. The molecule has 0 amide bonds. The van der Waals surface area contributed by atoms with E-state index in [2.05, 4.69) is 20.2 Å². The highest BCUT2D eigenvalue weighted by molar-refractivity contribution is 7.99. The van der Waals surface area contributed by atoms with Crippen molar-refractivity contribution in [2.45, 2.75) is 0 Å². The van der Waals surface area contributed by atoms with Gasteiger partial charge in [-0.15, -0.1) is 0 Å². The van der Waals surface area contributed by atoms with Crippen molar-refractivity contribution in [3.05, 3.63) is 11.5 Å². The molecule has 17 heavy (non-hydrogen) atoms. The number of anilines is 2. The summed E-state index contributed by atoms with van der Waals surface area (Å²) >= 11 is 7.73. The Bertz CT molecular complexity index is 370. The summed E-state index contributed by atoms with van der Waals surface area (Å²) < 4.78 is 0. The number of thioether (sulfide) groups is 1. The predicted octanol–water partition coefficient (Wildman–Crippen LogP) is 1.17. The lowest BCUT2D eigenvalue weighted by Crippen LogP contribution is -2.36. The molecule has 1 aromatic rings. The van der Waals surface area contributed by atoms with Crippen LogP contribution in [0.25, 0.3) is 0 Å². The summed E-state index contributed by atoms with van der Waals surface area (Å²) in [4.78, 5) is 10.3. The van der Waals surface area contributed by atoms with E-state index in [1.54, 1.807) is 0 Å². The maximum atomic E-state index is 5.75. The number of rotatable bonds is 4. The third-order valence-electron chi connectivity index (χ3n) is 2.61. The lowest BCUT2D eigenvalue weighted by atomic mass is 10.4. The molecule has 7 heteroatoms. The van der Waals surface area contributed by atoms with Crippen LogP contribution < -0.4 is 11.1 Å². The Morgan fingerprint density at radius 2 is 2.24 bits per heavy atom. The fourth-order valence-corrected chi connectivity index (χ4v) is 2.78. The van der Waals surface area contributed by atoms with Crippen LogP contribution in [0.5, 0.6) is 0 Å². The molecular weight excluding hydrogens is 258 g/mol. The molecule has 2 heterocycles. The van der Waals surface area contributed by atoms with E-state index in [0.29, 0.717) is 11.5 Å². The van der Waals surface area contributed by atoms with E-state index in [1.807, 2.05) is 11.8 Å². The highest BCUT2D eigenvalue weighted by Crippen LogP contribution is 2.15.